The zero-order chi connectivity index (χ0) is 15.2. The summed E-state index contributed by atoms with van der Waals surface area (Å²) in [6.45, 7) is 5.73. The second-order valence-electron chi connectivity index (χ2n) is 5.49. The maximum atomic E-state index is 12.8. The van der Waals surface area contributed by atoms with Gasteiger partial charge in [0.2, 0.25) is 0 Å². The van der Waals surface area contributed by atoms with Crippen LogP contribution in [0.4, 0.5) is 5.82 Å². The van der Waals surface area contributed by atoms with Gasteiger partial charge >= 0.3 is 0 Å². The summed E-state index contributed by atoms with van der Waals surface area (Å²) < 4.78 is 0. The van der Waals surface area contributed by atoms with Crippen molar-refractivity contribution in [1.82, 2.24) is 9.88 Å². The van der Waals surface area contributed by atoms with E-state index < -0.39 is 0 Å². The number of nitrogens with zero attached hydrogens (tertiary/aromatic N) is 2. The van der Waals surface area contributed by atoms with Gasteiger partial charge in [-0.1, -0.05) is 31.4 Å². The Bertz CT molecular complexity index is 492. The third kappa shape index (κ3) is 3.88. The number of aromatic nitrogens is 1. The smallest absolute Gasteiger partial charge is 0.255 e. The van der Waals surface area contributed by atoms with E-state index in [1.807, 2.05) is 11.8 Å². The highest BCUT2D eigenvalue weighted by molar-refractivity contribution is 6.33. The lowest BCUT2D eigenvalue weighted by Gasteiger charge is -2.29. The summed E-state index contributed by atoms with van der Waals surface area (Å²) in [5, 5.41) is 3.59. The molecular formula is C16H24ClN3O. The molecule has 0 spiro atoms. The van der Waals surface area contributed by atoms with E-state index in [9.17, 15) is 4.79 Å². The molecule has 1 amide bonds. The van der Waals surface area contributed by atoms with Crippen molar-refractivity contribution in [3.05, 3.63) is 22.8 Å². The maximum Gasteiger partial charge on any atom is 0.255 e. The fourth-order valence-electron chi connectivity index (χ4n) is 2.89. The van der Waals surface area contributed by atoms with Crippen LogP contribution in [-0.2, 0) is 0 Å². The van der Waals surface area contributed by atoms with E-state index in [0.717, 1.165) is 32.4 Å². The number of anilines is 1. The van der Waals surface area contributed by atoms with Crippen LogP contribution in [0.2, 0.25) is 5.02 Å². The lowest BCUT2D eigenvalue weighted by atomic mass is 10.1. The number of amides is 1. The van der Waals surface area contributed by atoms with Crippen LogP contribution in [0.5, 0.6) is 0 Å². The first kappa shape index (κ1) is 16.1. The maximum absolute atomic E-state index is 12.8. The Morgan fingerprint density at radius 2 is 2.24 bits per heavy atom. The second-order valence-corrected chi connectivity index (χ2v) is 5.90. The van der Waals surface area contributed by atoms with Gasteiger partial charge in [0.05, 0.1) is 10.6 Å². The van der Waals surface area contributed by atoms with Crippen molar-refractivity contribution < 1.29 is 4.79 Å². The Balaban J connectivity index is 2.19. The number of hydrogen-bond acceptors (Lipinski definition) is 3. The molecule has 1 aromatic rings. The summed E-state index contributed by atoms with van der Waals surface area (Å²) in [5.74, 6) is 0.694. The molecule has 1 unspecified atom stereocenters. The third-order valence-corrected chi connectivity index (χ3v) is 4.33. The van der Waals surface area contributed by atoms with E-state index in [-0.39, 0.29) is 5.91 Å². The average molecular weight is 310 g/mol. The molecule has 1 aromatic heterocycles. The van der Waals surface area contributed by atoms with Gasteiger partial charge in [-0.25, -0.2) is 4.98 Å². The zero-order valence-electron chi connectivity index (χ0n) is 12.9. The predicted molar refractivity (Wildman–Crippen MR) is 87.0 cm³/mol. The lowest BCUT2D eigenvalue weighted by molar-refractivity contribution is 0.0678. The monoisotopic (exact) mass is 309 g/mol. The van der Waals surface area contributed by atoms with Crippen LogP contribution in [0.15, 0.2) is 12.3 Å². The van der Waals surface area contributed by atoms with Gasteiger partial charge in [0.25, 0.3) is 5.91 Å². The summed E-state index contributed by atoms with van der Waals surface area (Å²) >= 11 is 6.20. The highest BCUT2D eigenvalue weighted by Crippen LogP contribution is 2.24. The molecule has 4 nitrogen and oxygen atoms in total. The fraction of sp³-hybridized carbons (Fsp3) is 0.625. The predicted octanol–water partition coefficient (Wildman–Crippen LogP) is 3.96. The van der Waals surface area contributed by atoms with Crippen LogP contribution >= 0.6 is 11.6 Å². The molecule has 1 aliphatic heterocycles. The topological polar surface area (TPSA) is 45.2 Å². The van der Waals surface area contributed by atoms with Crippen LogP contribution in [0.25, 0.3) is 0 Å². The minimum absolute atomic E-state index is 0.0567. The molecule has 0 bridgehead atoms. The Kier molecular flexibility index (Phi) is 5.85. The normalized spacial score (nSPS) is 19.2. The first-order chi connectivity index (χ1) is 10.2. The summed E-state index contributed by atoms with van der Waals surface area (Å²) in [6.07, 6.45) is 7.23. The van der Waals surface area contributed by atoms with Crippen LogP contribution in [0.3, 0.4) is 0 Å². The van der Waals surface area contributed by atoms with Crippen molar-refractivity contribution in [2.75, 3.05) is 18.4 Å². The highest BCUT2D eigenvalue weighted by atomic mass is 35.5. The molecule has 1 aliphatic rings. The number of pyridine rings is 1. The van der Waals surface area contributed by atoms with Crippen LogP contribution in [0.1, 0.15) is 56.3 Å². The van der Waals surface area contributed by atoms with E-state index in [1.54, 1.807) is 12.3 Å². The summed E-state index contributed by atoms with van der Waals surface area (Å²) in [6, 6.07) is 2.07. The second kappa shape index (κ2) is 7.64. The van der Waals surface area contributed by atoms with Crippen molar-refractivity contribution in [3.8, 4) is 0 Å². The molecule has 2 heterocycles. The van der Waals surface area contributed by atoms with Crippen LogP contribution < -0.4 is 5.32 Å². The standard InChI is InChI=1S/C16H24ClN3O/c1-3-13-8-6-5-7-9-20(13)16(21)12-10-14(17)15(18-4-2)19-11-12/h10-11,13H,3-9H2,1-2H3,(H,18,19). The van der Waals surface area contributed by atoms with Crippen molar-refractivity contribution in [1.29, 1.82) is 0 Å². The van der Waals surface area contributed by atoms with Crippen molar-refractivity contribution in [2.24, 2.45) is 0 Å². The van der Waals surface area contributed by atoms with Gasteiger partial charge in [0, 0.05) is 25.3 Å². The molecule has 2 rings (SSSR count). The molecule has 1 fully saturated rings. The molecular weight excluding hydrogens is 286 g/mol. The van der Waals surface area contributed by atoms with E-state index in [1.165, 1.54) is 12.8 Å². The number of rotatable bonds is 4. The average Bonchev–Trinajstić information content (AvgIpc) is 2.74. The van der Waals surface area contributed by atoms with E-state index in [0.29, 0.717) is 22.4 Å². The molecule has 0 saturated carbocycles. The van der Waals surface area contributed by atoms with Gasteiger partial charge in [0.15, 0.2) is 0 Å². The minimum atomic E-state index is 0.0567. The Labute approximate surface area is 131 Å². The zero-order valence-corrected chi connectivity index (χ0v) is 13.6. The third-order valence-electron chi connectivity index (χ3n) is 4.04. The molecule has 0 aliphatic carbocycles. The Hall–Kier alpha value is -1.29. The first-order valence-corrected chi connectivity index (χ1v) is 8.25. The minimum Gasteiger partial charge on any atom is -0.369 e. The van der Waals surface area contributed by atoms with Crippen molar-refractivity contribution >= 4 is 23.3 Å². The van der Waals surface area contributed by atoms with Gasteiger partial charge in [0.1, 0.15) is 5.82 Å². The number of likely N-dealkylation sites (tertiary alicyclic amines) is 1. The molecule has 116 valence electrons. The van der Waals surface area contributed by atoms with Crippen LogP contribution in [-0.4, -0.2) is 34.9 Å². The van der Waals surface area contributed by atoms with E-state index in [4.69, 9.17) is 11.6 Å². The summed E-state index contributed by atoms with van der Waals surface area (Å²) in [7, 11) is 0. The van der Waals surface area contributed by atoms with Gasteiger partial charge < -0.3 is 10.2 Å². The molecule has 21 heavy (non-hydrogen) atoms. The number of halogens is 1. The van der Waals surface area contributed by atoms with Crippen molar-refractivity contribution in [2.45, 2.75) is 52.0 Å². The number of carbonyl (C=O) groups excluding carboxylic acids is 1. The molecule has 1 N–H and O–H groups in total. The van der Waals surface area contributed by atoms with Crippen LogP contribution in [0, 0.1) is 0 Å². The highest BCUT2D eigenvalue weighted by Gasteiger charge is 2.25. The number of nitrogens with one attached hydrogen (secondary N) is 1. The van der Waals surface area contributed by atoms with E-state index in [2.05, 4.69) is 17.2 Å². The molecule has 5 heteroatoms. The van der Waals surface area contributed by atoms with Gasteiger partial charge in [-0.2, -0.15) is 0 Å². The van der Waals surface area contributed by atoms with Crippen molar-refractivity contribution in [3.63, 3.8) is 0 Å². The lowest BCUT2D eigenvalue weighted by Crippen LogP contribution is -2.39. The molecule has 1 atom stereocenters. The van der Waals surface area contributed by atoms with E-state index >= 15 is 0 Å². The largest absolute Gasteiger partial charge is 0.369 e. The SMILES string of the molecule is CCNc1ncc(C(=O)N2CCCCCC2CC)cc1Cl. The summed E-state index contributed by atoms with van der Waals surface area (Å²) in [4.78, 5) is 19.0. The molecule has 1 saturated heterocycles. The number of carbonyl (C=O) groups is 1. The fourth-order valence-corrected chi connectivity index (χ4v) is 3.12. The Morgan fingerprint density at radius 1 is 1.43 bits per heavy atom. The summed E-state index contributed by atoms with van der Waals surface area (Å²) in [5.41, 5.74) is 0.585. The number of hydrogen-bond donors (Lipinski definition) is 1. The molecule has 0 aromatic carbocycles. The Morgan fingerprint density at radius 3 is 2.90 bits per heavy atom. The first-order valence-electron chi connectivity index (χ1n) is 7.87. The molecule has 0 radical (unpaired) electrons. The van der Waals surface area contributed by atoms with Gasteiger partial charge in [-0.05, 0) is 32.3 Å². The quantitative estimate of drug-likeness (QED) is 0.915. The van der Waals surface area contributed by atoms with Gasteiger partial charge in [-0.3, -0.25) is 4.79 Å². The van der Waals surface area contributed by atoms with Gasteiger partial charge in [-0.15, -0.1) is 0 Å².